The van der Waals surface area contributed by atoms with Crippen LogP contribution in [0.25, 0.3) is 11.0 Å². The van der Waals surface area contributed by atoms with Crippen molar-refractivity contribution in [2.45, 2.75) is 19.9 Å². The number of furan rings is 1. The lowest BCUT2D eigenvalue weighted by atomic mass is 10.1. The molecule has 2 N–H and O–H groups in total. The Morgan fingerprint density at radius 2 is 2.30 bits per heavy atom. The van der Waals surface area contributed by atoms with Crippen molar-refractivity contribution in [2.75, 3.05) is 0 Å². The molecule has 0 radical (unpaired) electrons. The highest BCUT2D eigenvalue weighted by Crippen LogP contribution is 2.22. The number of amides is 1. The second-order valence-corrected chi connectivity index (χ2v) is 4.80. The molecule has 102 valence electrons. The summed E-state index contributed by atoms with van der Waals surface area (Å²) >= 11 is 0. The average Bonchev–Trinajstić information content (AvgIpc) is 3.06. The third kappa shape index (κ3) is 2.56. The van der Waals surface area contributed by atoms with Crippen LogP contribution in [0.3, 0.4) is 0 Å². The van der Waals surface area contributed by atoms with Gasteiger partial charge in [0, 0.05) is 17.1 Å². The summed E-state index contributed by atoms with van der Waals surface area (Å²) < 4.78 is 5.48. The molecule has 2 aromatic heterocycles. The van der Waals surface area contributed by atoms with Gasteiger partial charge in [-0.25, -0.2) is 0 Å². The summed E-state index contributed by atoms with van der Waals surface area (Å²) in [4.78, 5) is 11.9. The molecule has 0 bridgehead atoms. The van der Waals surface area contributed by atoms with Crippen LogP contribution in [-0.2, 0) is 17.8 Å². The Hall–Kier alpha value is -2.56. The molecule has 0 unspecified atom stereocenters. The van der Waals surface area contributed by atoms with Gasteiger partial charge in [0.15, 0.2) is 0 Å². The van der Waals surface area contributed by atoms with Crippen LogP contribution in [0.4, 0.5) is 0 Å². The van der Waals surface area contributed by atoms with Crippen LogP contribution in [-0.4, -0.2) is 16.1 Å². The maximum Gasteiger partial charge on any atom is 0.224 e. The van der Waals surface area contributed by atoms with Crippen molar-refractivity contribution in [3.05, 3.63) is 53.5 Å². The van der Waals surface area contributed by atoms with Crippen molar-refractivity contribution >= 4 is 16.9 Å². The summed E-state index contributed by atoms with van der Waals surface area (Å²) in [6.07, 6.45) is 3.62. The van der Waals surface area contributed by atoms with E-state index in [2.05, 4.69) is 15.5 Å². The summed E-state index contributed by atoms with van der Waals surface area (Å²) in [6, 6.07) is 7.81. The molecule has 5 heteroatoms. The van der Waals surface area contributed by atoms with Gasteiger partial charge in [-0.05, 0) is 24.6 Å². The number of hydrogen-bond acceptors (Lipinski definition) is 3. The molecule has 2 heterocycles. The van der Waals surface area contributed by atoms with Gasteiger partial charge < -0.3 is 9.73 Å². The van der Waals surface area contributed by atoms with Gasteiger partial charge in [-0.15, -0.1) is 0 Å². The average molecular weight is 269 g/mol. The van der Waals surface area contributed by atoms with Gasteiger partial charge in [-0.2, -0.15) is 5.10 Å². The molecular weight excluding hydrogens is 254 g/mol. The van der Waals surface area contributed by atoms with E-state index in [-0.39, 0.29) is 5.91 Å². The van der Waals surface area contributed by atoms with E-state index in [1.807, 2.05) is 31.2 Å². The SMILES string of the molecule is Cc1ccc2c(CC(=O)NCc3ccn[nH]3)coc2c1. The number of carbonyl (C=O) groups is 1. The number of H-pyrrole nitrogens is 1. The monoisotopic (exact) mass is 269 g/mol. The van der Waals surface area contributed by atoms with Crippen LogP contribution in [0.1, 0.15) is 16.8 Å². The fraction of sp³-hybridized carbons (Fsp3) is 0.200. The Kier molecular flexibility index (Phi) is 3.25. The Morgan fingerprint density at radius 1 is 1.40 bits per heavy atom. The van der Waals surface area contributed by atoms with Crippen molar-refractivity contribution in [3.63, 3.8) is 0 Å². The molecule has 0 saturated carbocycles. The first-order chi connectivity index (χ1) is 9.72. The predicted octanol–water partition coefficient (Wildman–Crippen LogP) is 2.32. The number of nitrogens with zero attached hydrogens (tertiary/aromatic N) is 1. The molecule has 0 atom stereocenters. The molecule has 0 aliphatic heterocycles. The fourth-order valence-electron chi connectivity index (χ4n) is 2.14. The number of aromatic nitrogens is 2. The summed E-state index contributed by atoms with van der Waals surface area (Å²) in [7, 11) is 0. The molecule has 1 aromatic carbocycles. The van der Waals surface area contributed by atoms with Crippen LogP contribution >= 0.6 is 0 Å². The van der Waals surface area contributed by atoms with E-state index in [0.29, 0.717) is 13.0 Å². The van der Waals surface area contributed by atoms with Gasteiger partial charge in [-0.3, -0.25) is 9.89 Å². The topological polar surface area (TPSA) is 70.9 Å². The van der Waals surface area contributed by atoms with Gasteiger partial charge in [0.1, 0.15) is 5.58 Å². The van der Waals surface area contributed by atoms with Crippen molar-refractivity contribution in [1.82, 2.24) is 15.5 Å². The van der Waals surface area contributed by atoms with Gasteiger partial charge in [-0.1, -0.05) is 12.1 Å². The van der Waals surface area contributed by atoms with Gasteiger partial charge in [0.2, 0.25) is 5.91 Å². The third-order valence-electron chi connectivity index (χ3n) is 3.20. The summed E-state index contributed by atoms with van der Waals surface area (Å²) in [5.41, 5.74) is 3.75. The van der Waals surface area contributed by atoms with Gasteiger partial charge in [0.05, 0.1) is 24.9 Å². The van der Waals surface area contributed by atoms with Crippen molar-refractivity contribution in [2.24, 2.45) is 0 Å². The largest absolute Gasteiger partial charge is 0.464 e. The number of aryl methyl sites for hydroxylation is 1. The highest BCUT2D eigenvalue weighted by atomic mass is 16.3. The first-order valence-electron chi connectivity index (χ1n) is 6.44. The van der Waals surface area contributed by atoms with E-state index in [4.69, 9.17) is 4.42 Å². The highest BCUT2D eigenvalue weighted by molar-refractivity contribution is 5.87. The minimum absolute atomic E-state index is 0.0390. The van der Waals surface area contributed by atoms with E-state index >= 15 is 0 Å². The van der Waals surface area contributed by atoms with Crippen molar-refractivity contribution < 1.29 is 9.21 Å². The van der Waals surface area contributed by atoms with E-state index < -0.39 is 0 Å². The normalized spacial score (nSPS) is 10.8. The Balaban J connectivity index is 1.68. The Bertz CT molecular complexity index is 729. The second kappa shape index (κ2) is 5.21. The second-order valence-electron chi connectivity index (χ2n) is 4.80. The zero-order valence-corrected chi connectivity index (χ0v) is 11.1. The number of benzene rings is 1. The molecule has 0 aliphatic carbocycles. The lowest BCUT2D eigenvalue weighted by Gasteiger charge is -2.02. The van der Waals surface area contributed by atoms with Crippen LogP contribution in [0, 0.1) is 6.92 Å². The smallest absolute Gasteiger partial charge is 0.224 e. The molecule has 1 amide bonds. The van der Waals surface area contributed by atoms with E-state index in [0.717, 1.165) is 27.8 Å². The lowest BCUT2D eigenvalue weighted by molar-refractivity contribution is -0.120. The van der Waals surface area contributed by atoms with Crippen LogP contribution in [0.15, 0.2) is 41.1 Å². The van der Waals surface area contributed by atoms with Crippen LogP contribution < -0.4 is 5.32 Å². The summed E-state index contributed by atoms with van der Waals surface area (Å²) in [5.74, 6) is -0.0390. The minimum Gasteiger partial charge on any atom is -0.464 e. The molecule has 0 saturated heterocycles. The molecule has 0 fully saturated rings. The quantitative estimate of drug-likeness (QED) is 0.763. The summed E-state index contributed by atoms with van der Waals surface area (Å²) in [5, 5.41) is 10.5. The van der Waals surface area contributed by atoms with Gasteiger partial charge >= 0.3 is 0 Å². The van der Waals surface area contributed by atoms with E-state index in [1.54, 1.807) is 12.5 Å². The minimum atomic E-state index is -0.0390. The van der Waals surface area contributed by atoms with E-state index in [1.165, 1.54) is 0 Å². The number of rotatable bonds is 4. The first-order valence-corrected chi connectivity index (χ1v) is 6.44. The van der Waals surface area contributed by atoms with Crippen LogP contribution in [0.5, 0.6) is 0 Å². The standard InChI is InChI=1S/C15H15N3O2/c1-10-2-3-13-11(9-20-14(13)6-10)7-15(19)16-8-12-4-5-17-18-12/h2-6,9H,7-8H2,1H3,(H,16,19)(H,17,18). The van der Waals surface area contributed by atoms with Crippen molar-refractivity contribution in [3.8, 4) is 0 Å². The fourth-order valence-corrected chi connectivity index (χ4v) is 2.14. The number of fused-ring (bicyclic) bond motifs is 1. The number of aromatic amines is 1. The highest BCUT2D eigenvalue weighted by Gasteiger charge is 2.10. The molecule has 5 nitrogen and oxygen atoms in total. The number of carbonyl (C=O) groups excluding carboxylic acids is 1. The zero-order chi connectivity index (χ0) is 13.9. The van der Waals surface area contributed by atoms with Crippen molar-refractivity contribution in [1.29, 1.82) is 0 Å². The molecular formula is C15H15N3O2. The lowest BCUT2D eigenvalue weighted by Crippen LogP contribution is -2.24. The maximum absolute atomic E-state index is 11.9. The molecule has 0 spiro atoms. The summed E-state index contributed by atoms with van der Waals surface area (Å²) in [6.45, 7) is 2.46. The van der Waals surface area contributed by atoms with Gasteiger partial charge in [0.25, 0.3) is 0 Å². The molecule has 20 heavy (non-hydrogen) atoms. The Labute approximate surface area is 116 Å². The third-order valence-corrected chi connectivity index (χ3v) is 3.20. The van der Waals surface area contributed by atoms with Crippen LogP contribution in [0.2, 0.25) is 0 Å². The Morgan fingerprint density at radius 3 is 3.10 bits per heavy atom. The number of nitrogens with one attached hydrogen (secondary N) is 2. The molecule has 3 aromatic rings. The van der Waals surface area contributed by atoms with E-state index in [9.17, 15) is 4.79 Å². The predicted molar refractivity (Wildman–Crippen MR) is 75.1 cm³/mol. The zero-order valence-electron chi connectivity index (χ0n) is 11.1. The first kappa shape index (κ1) is 12.5. The number of hydrogen-bond donors (Lipinski definition) is 2. The molecule has 0 aliphatic rings. The molecule has 3 rings (SSSR count). The maximum atomic E-state index is 11.9.